The number of rotatable bonds is 15. The summed E-state index contributed by atoms with van der Waals surface area (Å²) in [5, 5.41) is 22.3. The molecule has 0 bridgehead atoms. The number of aliphatic hydroxyl groups is 1. The molecule has 0 saturated carbocycles. The monoisotopic (exact) mass is 586 g/mol. The molecule has 0 amide bonds. The number of nitrogens with one attached hydrogen (secondary N) is 2. The first-order valence-corrected chi connectivity index (χ1v) is 16.7. The highest BCUT2D eigenvalue weighted by Crippen LogP contribution is 2.50. The summed E-state index contributed by atoms with van der Waals surface area (Å²) < 4.78 is 33.9. The van der Waals surface area contributed by atoms with E-state index in [0.29, 0.717) is 36.5 Å². The molecule has 1 aliphatic rings. The Morgan fingerprint density at radius 2 is 1.71 bits per heavy atom. The molecule has 2 aromatic rings. The van der Waals surface area contributed by atoms with Gasteiger partial charge in [0.15, 0.2) is 15.8 Å². The van der Waals surface area contributed by atoms with Crippen LogP contribution in [-0.2, 0) is 9.84 Å². The molecule has 2 aromatic carbocycles. The van der Waals surface area contributed by atoms with Gasteiger partial charge in [0.2, 0.25) is 0 Å². The molecule has 1 aliphatic heterocycles. The second-order valence-electron chi connectivity index (χ2n) is 11.7. The third-order valence-electron chi connectivity index (χ3n) is 8.30. The van der Waals surface area contributed by atoms with E-state index in [1.165, 1.54) is 0 Å². The molecule has 1 heterocycles. The van der Waals surface area contributed by atoms with E-state index in [4.69, 9.17) is 15.9 Å². The van der Waals surface area contributed by atoms with Crippen LogP contribution in [0, 0.1) is 10.8 Å². The van der Waals surface area contributed by atoms with Crippen LogP contribution in [0.2, 0.25) is 0 Å². The van der Waals surface area contributed by atoms with Crippen LogP contribution in [0.3, 0.4) is 0 Å². The number of guanidine groups is 1. The van der Waals surface area contributed by atoms with Gasteiger partial charge in [0.25, 0.3) is 0 Å². The minimum Gasteiger partial charge on any atom is -0.494 e. The van der Waals surface area contributed by atoms with E-state index in [9.17, 15) is 13.5 Å². The minimum atomic E-state index is -3.62. The van der Waals surface area contributed by atoms with E-state index in [1.54, 1.807) is 6.07 Å². The molecule has 0 spiro atoms. The number of hydrogen-bond donors (Lipinski definition) is 4. The van der Waals surface area contributed by atoms with Crippen molar-refractivity contribution in [3.05, 3.63) is 53.6 Å². The van der Waals surface area contributed by atoms with Crippen LogP contribution in [0.15, 0.2) is 47.4 Å². The van der Waals surface area contributed by atoms with Gasteiger partial charge in [-0.25, -0.2) is 8.42 Å². The van der Waals surface area contributed by atoms with Crippen molar-refractivity contribution in [2.75, 3.05) is 37.9 Å². The first kappa shape index (κ1) is 32.7. The van der Waals surface area contributed by atoms with Crippen LogP contribution in [0.4, 0.5) is 5.69 Å². The zero-order chi connectivity index (χ0) is 30.0. The molecule has 0 unspecified atom stereocenters. The number of aliphatic hydroxyl groups excluding tert-OH is 1. The number of benzene rings is 2. The maximum atomic E-state index is 14.0. The molecular weight excluding hydrogens is 536 g/mol. The third kappa shape index (κ3) is 8.38. The van der Waals surface area contributed by atoms with Crippen molar-refractivity contribution in [2.24, 2.45) is 11.1 Å². The highest BCUT2D eigenvalue weighted by molar-refractivity contribution is 7.91. The number of unbranched alkanes of at least 4 members (excludes halogenated alkanes) is 4. The third-order valence-corrected chi connectivity index (χ3v) is 10.3. The molecule has 2 atom stereocenters. The van der Waals surface area contributed by atoms with Gasteiger partial charge < -0.3 is 25.8 Å². The van der Waals surface area contributed by atoms with Crippen LogP contribution in [-0.4, -0.2) is 58.6 Å². The Morgan fingerprint density at radius 3 is 2.29 bits per heavy atom. The van der Waals surface area contributed by atoms with E-state index in [1.807, 2.05) is 55.4 Å². The van der Waals surface area contributed by atoms with Crippen molar-refractivity contribution in [3.63, 3.8) is 0 Å². The largest absolute Gasteiger partial charge is 0.494 e. The minimum absolute atomic E-state index is 0.00810. The van der Waals surface area contributed by atoms with Crippen LogP contribution in [0.25, 0.3) is 0 Å². The standard InChI is InChI=1S/C32H50N4O4S/c1-5-7-18-32(19-8-6-2)23-41(38,39)28-17-14-25(36(3)4)22-27(28)29(30(32)37)24-12-15-26(16-13-24)40-21-11-9-10-20-35-31(33)34/h12-17,22,29-30,37H,5-11,18-21,23H2,1-4H3,(H4,33,34,35)/t29-,30-/m1/s1. The number of fused-ring (bicyclic) bond motifs is 1. The van der Waals surface area contributed by atoms with Crippen molar-refractivity contribution in [2.45, 2.75) is 88.6 Å². The summed E-state index contributed by atoms with van der Waals surface area (Å²) in [5.41, 5.74) is 7.06. The molecular formula is C32H50N4O4S. The smallest absolute Gasteiger partial charge is 0.185 e. The fraction of sp³-hybridized carbons (Fsp3) is 0.594. The average molecular weight is 587 g/mol. The van der Waals surface area contributed by atoms with Gasteiger partial charge in [0.1, 0.15) is 5.75 Å². The predicted octanol–water partition coefficient (Wildman–Crippen LogP) is 5.43. The molecule has 9 heteroatoms. The number of anilines is 1. The van der Waals surface area contributed by atoms with Crippen LogP contribution in [0.5, 0.6) is 5.75 Å². The second-order valence-corrected chi connectivity index (χ2v) is 13.6. The van der Waals surface area contributed by atoms with Gasteiger partial charge in [-0.1, -0.05) is 51.7 Å². The number of sulfone groups is 1. The first-order valence-electron chi connectivity index (χ1n) is 15.1. The Labute approximate surface area is 247 Å². The molecule has 0 radical (unpaired) electrons. The van der Waals surface area contributed by atoms with Gasteiger partial charge in [-0.2, -0.15) is 0 Å². The van der Waals surface area contributed by atoms with Crippen molar-refractivity contribution in [1.29, 1.82) is 5.41 Å². The van der Waals surface area contributed by atoms with Gasteiger partial charge >= 0.3 is 0 Å². The summed E-state index contributed by atoms with van der Waals surface area (Å²) in [6, 6.07) is 13.4. The zero-order valence-corrected chi connectivity index (χ0v) is 26.1. The topological polar surface area (TPSA) is 129 Å². The van der Waals surface area contributed by atoms with Gasteiger partial charge in [-0.15, -0.1) is 0 Å². The molecule has 8 nitrogen and oxygen atoms in total. The van der Waals surface area contributed by atoms with E-state index in [0.717, 1.165) is 61.9 Å². The Hall–Kier alpha value is -2.78. The van der Waals surface area contributed by atoms with E-state index in [-0.39, 0.29) is 11.7 Å². The van der Waals surface area contributed by atoms with E-state index < -0.39 is 27.3 Å². The van der Waals surface area contributed by atoms with Crippen LogP contribution < -0.4 is 20.7 Å². The van der Waals surface area contributed by atoms with E-state index in [2.05, 4.69) is 19.2 Å². The highest BCUT2D eigenvalue weighted by atomic mass is 32.2. The quantitative estimate of drug-likeness (QED) is 0.124. The van der Waals surface area contributed by atoms with E-state index >= 15 is 0 Å². The fourth-order valence-corrected chi connectivity index (χ4v) is 8.17. The molecule has 0 saturated heterocycles. The Balaban J connectivity index is 1.95. The van der Waals surface area contributed by atoms with Gasteiger partial charge in [0, 0.05) is 37.7 Å². The Bertz CT molecular complexity index is 1220. The normalized spacial score (nSPS) is 19.1. The predicted molar refractivity (Wildman–Crippen MR) is 168 cm³/mol. The summed E-state index contributed by atoms with van der Waals surface area (Å²) in [6.45, 7) is 5.49. The number of ether oxygens (including phenoxy) is 1. The summed E-state index contributed by atoms with van der Waals surface area (Å²) in [4.78, 5) is 2.30. The maximum Gasteiger partial charge on any atom is 0.185 e. The lowest BCUT2D eigenvalue weighted by molar-refractivity contribution is 0.0127. The van der Waals surface area contributed by atoms with Crippen molar-refractivity contribution in [3.8, 4) is 5.75 Å². The Kier molecular flexibility index (Phi) is 11.9. The van der Waals surface area contributed by atoms with Crippen LogP contribution >= 0.6 is 0 Å². The van der Waals surface area contributed by atoms with Gasteiger partial charge in [-0.05, 0) is 73.6 Å². The molecule has 0 aliphatic carbocycles. The first-order chi connectivity index (χ1) is 19.5. The van der Waals surface area contributed by atoms with Crippen LogP contribution in [0.1, 0.15) is 88.7 Å². The van der Waals surface area contributed by atoms with Crippen molar-refractivity contribution >= 4 is 21.5 Å². The lowest BCUT2D eigenvalue weighted by atomic mass is 9.68. The number of nitrogens with zero attached hydrogens (tertiary/aromatic N) is 1. The number of hydrogen-bond acceptors (Lipinski definition) is 6. The molecule has 41 heavy (non-hydrogen) atoms. The zero-order valence-electron chi connectivity index (χ0n) is 25.3. The lowest BCUT2D eigenvalue weighted by Gasteiger charge is -2.40. The van der Waals surface area contributed by atoms with Gasteiger partial charge in [0.05, 0.1) is 23.4 Å². The lowest BCUT2D eigenvalue weighted by Crippen LogP contribution is -2.43. The summed E-state index contributed by atoms with van der Waals surface area (Å²) in [6.07, 6.45) is 6.92. The molecule has 0 fully saturated rings. The molecule has 0 aromatic heterocycles. The SMILES string of the molecule is CCCCC1(CCCC)CS(=O)(=O)c2ccc(N(C)C)cc2[C@@H](c2ccc(OCCCCCNC(=N)N)cc2)[C@H]1O. The Morgan fingerprint density at radius 1 is 1.05 bits per heavy atom. The highest BCUT2D eigenvalue weighted by Gasteiger charge is 2.49. The van der Waals surface area contributed by atoms with Gasteiger partial charge in [-0.3, -0.25) is 5.41 Å². The second kappa shape index (κ2) is 14.9. The summed E-state index contributed by atoms with van der Waals surface area (Å²) in [5.74, 6) is 0.233. The summed E-state index contributed by atoms with van der Waals surface area (Å²) >= 11 is 0. The fourth-order valence-electron chi connectivity index (χ4n) is 5.98. The molecule has 3 rings (SSSR count). The van der Waals surface area contributed by atoms with Crippen molar-refractivity contribution < 1.29 is 18.3 Å². The number of nitrogens with two attached hydrogens (primary N) is 1. The molecule has 5 N–H and O–H groups in total. The average Bonchev–Trinajstić information content (AvgIpc) is 3.01. The van der Waals surface area contributed by atoms with Crippen molar-refractivity contribution in [1.82, 2.24) is 5.32 Å². The summed E-state index contributed by atoms with van der Waals surface area (Å²) in [7, 11) is 0.259. The maximum absolute atomic E-state index is 14.0. The molecule has 228 valence electrons.